The number of ether oxygens (including phenoxy) is 1. The first-order valence-electron chi connectivity index (χ1n) is 8.63. The fourth-order valence-corrected chi connectivity index (χ4v) is 4.08. The van der Waals surface area contributed by atoms with Gasteiger partial charge in [-0.25, -0.2) is 4.98 Å². The molecular formula is C21H12BrCl2IN2O3. The fraction of sp³-hybridized carbons (Fsp3) is 0.0476. The molecule has 0 fully saturated rings. The van der Waals surface area contributed by atoms with Crippen LogP contribution >= 0.6 is 61.7 Å². The van der Waals surface area contributed by atoms with Crippen LogP contribution in [0.25, 0.3) is 22.6 Å². The van der Waals surface area contributed by atoms with E-state index in [1.807, 2.05) is 18.2 Å². The van der Waals surface area contributed by atoms with Gasteiger partial charge in [0.2, 0.25) is 5.89 Å². The number of anilines is 1. The highest BCUT2D eigenvalue weighted by molar-refractivity contribution is 14.1. The average Bonchev–Trinajstić information content (AvgIpc) is 3.12. The summed E-state index contributed by atoms with van der Waals surface area (Å²) in [6.07, 6.45) is 0. The van der Waals surface area contributed by atoms with E-state index in [1.54, 1.807) is 36.4 Å². The molecule has 30 heavy (non-hydrogen) atoms. The minimum Gasteiger partial charge on any atom is -0.482 e. The summed E-state index contributed by atoms with van der Waals surface area (Å²) in [5.41, 5.74) is 2.70. The van der Waals surface area contributed by atoms with E-state index in [4.69, 9.17) is 32.4 Å². The maximum absolute atomic E-state index is 12.3. The summed E-state index contributed by atoms with van der Waals surface area (Å²) >= 11 is 17.7. The van der Waals surface area contributed by atoms with Gasteiger partial charge in [-0.05, 0) is 93.1 Å². The molecule has 1 amide bonds. The maximum Gasteiger partial charge on any atom is 0.262 e. The quantitative estimate of drug-likeness (QED) is 0.241. The second-order valence-corrected chi connectivity index (χ2v) is 9.18. The zero-order chi connectivity index (χ0) is 21.3. The maximum atomic E-state index is 12.3. The van der Waals surface area contributed by atoms with Crippen molar-refractivity contribution in [2.24, 2.45) is 0 Å². The third-order valence-electron chi connectivity index (χ3n) is 4.08. The zero-order valence-electron chi connectivity index (χ0n) is 15.1. The molecule has 152 valence electrons. The minimum atomic E-state index is -0.329. The summed E-state index contributed by atoms with van der Waals surface area (Å²) in [5.74, 6) is 0.555. The van der Waals surface area contributed by atoms with Crippen LogP contribution in [0, 0.1) is 3.57 Å². The van der Waals surface area contributed by atoms with Crippen molar-refractivity contribution < 1.29 is 13.9 Å². The highest BCUT2D eigenvalue weighted by Gasteiger charge is 2.13. The molecule has 0 bridgehead atoms. The number of halogens is 4. The SMILES string of the molecule is O=C(COc1ccc(Cl)cc1Cl)Nc1ccc2oc(-c3cc(I)ccc3Br)nc2c1. The molecule has 0 atom stereocenters. The van der Waals surface area contributed by atoms with Crippen LogP contribution in [0.3, 0.4) is 0 Å². The molecule has 0 radical (unpaired) electrons. The van der Waals surface area contributed by atoms with Gasteiger partial charge < -0.3 is 14.5 Å². The predicted molar refractivity (Wildman–Crippen MR) is 130 cm³/mol. The van der Waals surface area contributed by atoms with Gasteiger partial charge in [0.15, 0.2) is 12.2 Å². The Balaban J connectivity index is 1.48. The molecule has 1 heterocycles. The molecule has 9 heteroatoms. The predicted octanol–water partition coefficient (Wildman–Crippen LogP) is 7.19. The van der Waals surface area contributed by atoms with Crippen LogP contribution < -0.4 is 10.1 Å². The van der Waals surface area contributed by atoms with Gasteiger partial charge in [0.05, 0.1) is 10.6 Å². The van der Waals surface area contributed by atoms with Crippen molar-refractivity contribution >= 4 is 84.4 Å². The molecule has 5 nitrogen and oxygen atoms in total. The van der Waals surface area contributed by atoms with Gasteiger partial charge >= 0.3 is 0 Å². The monoisotopic (exact) mass is 616 g/mol. The lowest BCUT2D eigenvalue weighted by Gasteiger charge is -2.09. The first-order chi connectivity index (χ1) is 14.4. The van der Waals surface area contributed by atoms with E-state index in [9.17, 15) is 4.79 Å². The lowest BCUT2D eigenvalue weighted by Crippen LogP contribution is -2.20. The van der Waals surface area contributed by atoms with Crippen molar-refractivity contribution in [1.82, 2.24) is 4.98 Å². The summed E-state index contributed by atoms with van der Waals surface area (Å²) < 4.78 is 13.3. The van der Waals surface area contributed by atoms with E-state index < -0.39 is 0 Å². The van der Waals surface area contributed by atoms with Crippen molar-refractivity contribution in [3.63, 3.8) is 0 Å². The Morgan fingerprint density at radius 3 is 2.77 bits per heavy atom. The molecule has 0 aliphatic carbocycles. The number of nitrogens with one attached hydrogen (secondary N) is 1. The van der Waals surface area contributed by atoms with E-state index in [0.29, 0.717) is 38.5 Å². The van der Waals surface area contributed by atoms with Crippen LogP contribution in [0.1, 0.15) is 0 Å². The first-order valence-corrected chi connectivity index (χ1v) is 11.3. The Labute approximate surface area is 204 Å². The number of nitrogens with zero attached hydrogens (tertiary/aromatic N) is 1. The van der Waals surface area contributed by atoms with E-state index in [2.05, 4.69) is 48.8 Å². The van der Waals surface area contributed by atoms with Crippen LogP contribution in [-0.2, 0) is 4.79 Å². The molecular weight excluding hydrogens is 606 g/mol. The number of hydrogen-bond acceptors (Lipinski definition) is 4. The molecule has 1 N–H and O–H groups in total. The number of carbonyl (C=O) groups excluding carboxylic acids is 1. The Bertz CT molecular complexity index is 1260. The molecule has 4 rings (SSSR count). The molecule has 3 aromatic carbocycles. The summed E-state index contributed by atoms with van der Waals surface area (Å²) in [4.78, 5) is 16.8. The number of hydrogen-bond donors (Lipinski definition) is 1. The van der Waals surface area contributed by atoms with Gasteiger partial charge in [-0.3, -0.25) is 4.79 Å². The summed E-state index contributed by atoms with van der Waals surface area (Å²) in [6, 6.07) is 16.0. The lowest BCUT2D eigenvalue weighted by atomic mass is 10.2. The smallest absolute Gasteiger partial charge is 0.262 e. The largest absolute Gasteiger partial charge is 0.482 e. The third kappa shape index (κ3) is 4.91. The summed E-state index contributed by atoms with van der Waals surface area (Å²) in [7, 11) is 0. The van der Waals surface area contributed by atoms with Crippen LogP contribution in [0.4, 0.5) is 5.69 Å². The first kappa shape index (κ1) is 21.4. The normalized spacial score (nSPS) is 10.9. The van der Waals surface area contributed by atoms with E-state index in [1.165, 1.54) is 0 Å². The van der Waals surface area contributed by atoms with E-state index >= 15 is 0 Å². The molecule has 1 aromatic heterocycles. The minimum absolute atomic E-state index is 0.196. The van der Waals surface area contributed by atoms with Crippen LogP contribution in [0.15, 0.2) is 63.5 Å². The number of amides is 1. The Morgan fingerprint density at radius 1 is 1.13 bits per heavy atom. The van der Waals surface area contributed by atoms with Crippen LogP contribution in [0.2, 0.25) is 10.0 Å². The zero-order valence-corrected chi connectivity index (χ0v) is 20.3. The van der Waals surface area contributed by atoms with Gasteiger partial charge in [0.25, 0.3) is 5.91 Å². The van der Waals surface area contributed by atoms with Crippen molar-refractivity contribution in [3.05, 3.63) is 72.7 Å². The molecule has 0 saturated carbocycles. The number of carbonyl (C=O) groups is 1. The Kier molecular flexibility index (Phi) is 6.52. The van der Waals surface area contributed by atoms with Crippen LogP contribution in [-0.4, -0.2) is 17.5 Å². The Hall–Kier alpha value is -1.81. The Morgan fingerprint density at radius 2 is 1.97 bits per heavy atom. The van der Waals surface area contributed by atoms with E-state index in [-0.39, 0.29) is 12.5 Å². The molecule has 0 spiro atoms. The number of benzene rings is 3. The fourth-order valence-electron chi connectivity index (χ4n) is 2.71. The second kappa shape index (κ2) is 9.13. The van der Waals surface area contributed by atoms with Gasteiger partial charge in [-0.2, -0.15) is 0 Å². The summed E-state index contributed by atoms with van der Waals surface area (Å²) in [6.45, 7) is -0.196. The molecule has 4 aromatic rings. The third-order valence-corrected chi connectivity index (χ3v) is 5.98. The summed E-state index contributed by atoms with van der Waals surface area (Å²) in [5, 5.41) is 3.62. The average molecular weight is 618 g/mol. The highest BCUT2D eigenvalue weighted by Crippen LogP contribution is 2.32. The lowest BCUT2D eigenvalue weighted by molar-refractivity contribution is -0.118. The number of fused-ring (bicyclic) bond motifs is 1. The van der Waals surface area contributed by atoms with Crippen LogP contribution in [0.5, 0.6) is 5.75 Å². The van der Waals surface area contributed by atoms with Gasteiger partial charge in [-0.15, -0.1) is 0 Å². The number of aromatic nitrogens is 1. The van der Waals surface area contributed by atoms with Crippen molar-refractivity contribution in [2.75, 3.05) is 11.9 Å². The molecule has 0 saturated heterocycles. The number of rotatable bonds is 5. The molecule has 0 unspecified atom stereocenters. The molecule has 0 aliphatic heterocycles. The van der Waals surface area contributed by atoms with E-state index in [0.717, 1.165) is 13.6 Å². The standard InChI is InChI=1S/C21H12BrCl2IN2O3/c22-15-4-2-12(25)8-14(15)21-27-17-9-13(3-6-19(17)30-21)26-20(28)10-29-18-5-1-11(23)7-16(18)24/h1-9H,10H2,(H,26,28). The van der Waals surface area contributed by atoms with Crippen molar-refractivity contribution in [1.29, 1.82) is 0 Å². The second-order valence-electron chi connectivity index (χ2n) is 6.24. The topological polar surface area (TPSA) is 64.4 Å². The number of oxazole rings is 1. The van der Waals surface area contributed by atoms with Crippen molar-refractivity contribution in [2.45, 2.75) is 0 Å². The highest BCUT2D eigenvalue weighted by atomic mass is 127. The van der Waals surface area contributed by atoms with Gasteiger partial charge in [-0.1, -0.05) is 23.2 Å². The van der Waals surface area contributed by atoms with Gasteiger partial charge in [0, 0.05) is 18.8 Å². The van der Waals surface area contributed by atoms with Gasteiger partial charge in [0.1, 0.15) is 11.3 Å². The molecule has 0 aliphatic rings. The van der Waals surface area contributed by atoms with Crippen molar-refractivity contribution in [3.8, 4) is 17.2 Å².